The van der Waals surface area contributed by atoms with Gasteiger partial charge in [0.2, 0.25) is 11.8 Å². The highest BCUT2D eigenvalue weighted by Gasteiger charge is 2.54. The number of thiophene rings is 1. The predicted molar refractivity (Wildman–Crippen MR) is 151 cm³/mol. The van der Waals surface area contributed by atoms with E-state index in [9.17, 15) is 19.2 Å². The van der Waals surface area contributed by atoms with Crippen LogP contribution in [-0.2, 0) is 14.3 Å². The van der Waals surface area contributed by atoms with Crippen molar-refractivity contribution in [3.63, 3.8) is 0 Å². The highest BCUT2D eigenvalue weighted by molar-refractivity contribution is 7.20. The standard InChI is InChI=1S/C29H37N5O5S/c1-28(2,3)39-27(38)31-24-20(16-22(40-24)21-8-5-6-12-30-21)25(36)33-14-9-19(10-15-33)34-13-7-11-29(18-34)17-23(35)32(4)26(29)37/h5-6,8,12,16,19H,7,9-11,13-15,17-18H2,1-4H3,(H,31,38)/p+1. The van der Waals surface area contributed by atoms with Crippen molar-refractivity contribution in [2.45, 2.75) is 64.5 Å². The molecule has 0 aromatic carbocycles. The lowest BCUT2D eigenvalue weighted by atomic mass is 9.77. The molecule has 11 heteroatoms. The Morgan fingerprint density at radius 2 is 1.95 bits per heavy atom. The van der Waals surface area contributed by atoms with Gasteiger partial charge >= 0.3 is 6.09 Å². The van der Waals surface area contributed by atoms with Gasteiger partial charge in [-0.05, 0) is 51.8 Å². The molecule has 5 heterocycles. The summed E-state index contributed by atoms with van der Waals surface area (Å²) in [4.78, 5) is 61.2. The average molecular weight is 569 g/mol. The lowest BCUT2D eigenvalue weighted by molar-refractivity contribution is -0.937. The number of likely N-dealkylation sites (tertiary alicyclic amines) is 3. The summed E-state index contributed by atoms with van der Waals surface area (Å²) in [5.41, 5.74) is -0.0750. The molecule has 2 aromatic rings. The lowest BCUT2D eigenvalue weighted by Gasteiger charge is -2.42. The third-order valence-corrected chi connectivity index (χ3v) is 9.27. The topological polar surface area (TPSA) is 113 Å². The van der Waals surface area contributed by atoms with E-state index >= 15 is 0 Å². The van der Waals surface area contributed by atoms with Gasteiger partial charge in [0.1, 0.15) is 16.0 Å². The number of pyridine rings is 1. The first kappa shape index (κ1) is 28.2. The van der Waals surface area contributed by atoms with E-state index in [1.54, 1.807) is 40.1 Å². The maximum atomic E-state index is 13.8. The molecule has 1 spiro atoms. The first-order valence-corrected chi connectivity index (χ1v) is 14.8. The second kappa shape index (κ2) is 10.9. The Morgan fingerprint density at radius 1 is 1.20 bits per heavy atom. The second-order valence-corrected chi connectivity index (χ2v) is 13.2. The van der Waals surface area contributed by atoms with Crippen LogP contribution >= 0.6 is 11.3 Å². The Bertz CT molecular complexity index is 1300. The number of hydrogen-bond donors (Lipinski definition) is 2. The van der Waals surface area contributed by atoms with Gasteiger partial charge in [-0.25, -0.2) is 4.79 Å². The number of piperidine rings is 2. The maximum Gasteiger partial charge on any atom is 0.412 e. The fourth-order valence-electron chi connectivity index (χ4n) is 6.23. The Labute approximate surface area is 238 Å². The monoisotopic (exact) mass is 568 g/mol. The minimum atomic E-state index is -0.668. The van der Waals surface area contributed by atoms with Crippen molar-refractivity contribution < 1.29 is 28.8 Å². The zero-order chi connectivity index (χ0) is 28.7. The van der Waals surface area contributed by atoms with Crippen molar-refractivity contribution >= 4 is 40.2 Å². The van der Waals surface area contributed by atoms with E-state index < -0.39 is 17.1 Å². The normalized spacial score (nSPS) is 24.1. The average Bonchev–Trinajstić information content (AvgIpc) is 3.42. The fourth-order valence-corrected chi connectivity index (χ4v) is 7.25. The molecule has 0 bridgehead atoms. The van der Waals surface area contributed by atoms with E-state index in [0.29, 0.717) is 42.7 Å². The van der Waals surface area contributed by atoms with Crippen LogP contribution in [-0.4, -0.2) is 83.5 Å². The molecule has 40 heavy (non-hydrogen) atoms. The SMILES string of the molecule is CN1C(=O)CC2(CCC[NH+](C3CCN(C(=O)c4cc(-c5ccccn5)sc4NC(=O)OC(C)(C)C)CC3)C2)C1=O. The second-order valence-electron chi connectivity index (χ2n) is 12.2. The number of imide groups is 1. The number of carbonyl (C=O) groups is 4. The molecule has 5 rings (SSSR count). The van der Waals surface area contributed by atoms with E-state index in [1.165, 1.54) is 21.1 Å². The van der Waals surface area contributed by atoms with Crippen LogP contribution in [0.15, 0.2) is 30.5 Å². The third kappa shape index (κ3) is 5.76. The third-order valence-electron chi connectivity index (χ3n) is 8.19. The number of nitrogens with zero attached hydrogens (tertiary/aromatic N) is 3. The number of ether oxygens (including phenoxy) is 1. The molecule has 2 atom stereocenters. The van der Waals surface area contributed by atoms with Gasteiger partial charge in [0, 0.05) is 45.6 Å². The molecule has 0 radical (unpaired) electrons. The van der Waals surface area contributed by atoms with E-state index in [1.807, 2.05) is 23.1 Å². The number of hydrogen-bond acceptors (Lipinski definition) is 7. The number of quaternary nitrogens is 1. The van der Waals surface area contributed by atoms with Crippen molar-refractivity contribution in [3.05, 3.63) is 36.0 Å². The lowest BCUT2D eigenvalue weighted by Crippen LogP contribution is -3.18. The van der Waals surface area contributed by atoms with Crippen LogP contribution in [0.1, 0.15) is 63.2 Å². The molecule has 0 saturated carbocycles. The van der Waals surface area contributed by atoms with Crippen molar-refractivity contribution in [1.82, 2.24) is 14.8 Å². The van der Waals surface area contributed by atoms with Gasteiger partial charge < -0.3 is 14.5 Å². The van der Waals surface area contributed by atoms with Gasteiger partial charge in [-0.1, -0.05) is 6.07 Å². The molecule has 3 aliphatic heterocycles. The van der Waals surface area contributed by atoms with Crippen molar-refractivity contribution in [3.8, 4) is 10.6 Å². The van der Waals surface area contributed by atoms with Gasteiger partial charge in [-0.2, -0.15) is 0 Å². The van der Waals surface area contributed by atoms with Crippen molar-refractivity contribution in [1.29, 1.82) is 0 Å². The van der Waals surface area contributed by atoms with Gasteiger partial charge in [0.25, 0.3) is 5.91 Å². The van der Waals surface area contributed by atoms with Crippen LogP contribution in [0.3, 0.4) is 0 Å². The minimum absolute atomic E-state index is 0.0338. The number of rotatable bonds is 4. The summed E-state index contributed by atoms with van der Waals surface area (Å²) in [6.07, 6.45) is 4.74. The molecule has 10 nitrogen and oxygen atoms in total. The molecular formula is C29H38N5O5S+. The van der Waals surface area contributed by atoms with Crippen LogP contribution in [0.25, 0.3) is 10.6 Å². The number of carbonyl (C=O) groups excluding carboxylic acids is 4. The number of anilines is 1. The molecule has 3 aliphatic rings. The van der Waals surface area contributed by atoms with Crippen LogP contribution in [0, 0.1) is 5.41 Å². The van der Waals surface area contributed by atoms with Crippen LogP contribution in [0.5, 0.6) is 0 Å². The van der Waals surface area contributed by atoms with Crippen molar-refractivity contribution in [2.24, 2.45) is 5.41 Å². The Hall–Kier alpha value is -3.31. The predicted octanol–water partition coefficient (Wildman–Crippen LogP) is 2.82. The molecule has 214 valence electrons. The molecule has 2 aromatic heterocycles. The summed E-state index contributed by atoms with van der Waals surface area (Å²) in [7, 11) is 1.59. The van der Waals surface area contributed by atoms with E-state index in [-0.39, 0.29) is 17.7 Å². The summed E-state index contributed by atoms with van der Waals surface area (Å²) >= 11 is 1.30. The maximum absolute atomic E-state index is 13.8. The summed E-state index contributed by atoms with van der Waals surface area (Å²) in [6.45, 7) is 8.22. The Morgan fingerprint density at radius 3 is 2.58 bits per heavy atom. The molecule has 3 fully saturated rings. The molecule has 2 unspecified atom stereocenters. The van der Waals surface area contributed by atoms with Crippen LogP contribution in [0.4, 0.5) is 9.80 Å². The van der Waals surface area contributed by atoms with Crippen LogP contribution in [0.2, 0.25) is 0 Å². The summed E-state index contributed by atoms with van der Waals surface area (Å²) in [6, 6.07) is 7.72. The molecule has 4 amide bonds. The quantitative estimate of drug-likeness (QED) is 0.549. The minimum Gasteiger partial charge on any atom is -0.444 e. The van der Waals surface area contributed by atoms with E-state index in [2.05, 4.69) is 10.3 Å². The van der Waals surface area contributed by atoms with E-state index in [4.69, 9.17) is 4.74 Å². The number of aromatic nitrogens is 1. The first-order chi connectivity index (χ1) is 19.0. The van der Waals surface area contributed by atoms with Gasteiger partial charge in [-0.15, -0.1) is 11.3 Å². The highest BCUT2D eigenvalue weighted by Crippen LogP contribution is 2.38. The Balaban J connectivity index is 1.28. The molecule has 2 N–H and O–H groups in total. The zero-order valence-corrected chi connectivity index (χ0v) is 24.4. The summed E-state index contributed by atoms with van der Waals surface area (Å²) < 4.78 is 5.44. The fraction of sp³-hybridized carbons (Fsp3) is 0.552. The van der Waals surface area contributed by atoms with Crippen molar-refractivity contribution in [2.75, 3.05) is 38.5 Å². The largest absolute Gasteiger partial charge is 0.444 e. The molecule has 3 saturated heterocycles. The number of nitrogens with one attached hydrogen (secondary N) is 2. The zero-order valence-electron chi connectivity index (χ0n) is 23.6. The van der Waals surface area contributed by atoms with Gasteiger partial charge in [0.05, 0.1) is 35.3 Å². The molecule has 0 aliphatic carbocycles. The summed E-state index contributed by atoms with van der Waals surface area (Å²) in [5, 5.41) is 3.23. The highest BCUT2D eigenvalue weighted by atomic mass is 32.1. The molecular weight excluding hydrogens is 530 g/mol. The summed E-state index contributed by atoms with van der Waals surface area (Å²) in [5.74, 6) is -0.247. The smallest absolute Gasteiger partial charge is 0.412 e. The van der Waals surface area contributed by atoms with Gasteiger partial charge in [0.15, 0.2) is 0 Å². The van der Waals surface area contributed by atoms with Crippen LogP contribution < -0.4 is 10.2 Å². The number of amides is 4. The van der Waals surface area contributed by atoms with Gasteiger partial charge in [-0.3, -0.25) is 29.6 Å². The Kier molecular flexibility index (Phi) is 7.71. The first-order valence-electron chi connectivity index (χ1n) is 14.0. The van der Waals surface area contributed by atoms with E-state index in [0.717, 1.165) is 42.8 Å².